The number of halogens is 2. The van der Waals surface area contributed by atoms with E-state index in [2.05, 4.69) is 44.9 Å². The fraction of sp³-hybridized carbons (Fsp3) is 0.500. The third-order valence-corrected chi connectivity index (χ3v) is 8.05. The zero-order chi connectivity index (χ0) is 23.9. The Kier molecular flexibility index (Phi) is 9.03. The second-order valence-electron chi connectivity index (χ2n) is 9.31. The van der Waals surface area contributed by atoms with Gasteiger partial charge in [0.1, 0.15) is 5.75 Å². The fourth-order valence-corrected chi connectivity index (χ4v) is 5.68. The lowest BCUT2D eigenvalue weighted by Gasteiger charge is -2.37. The largest absolute Gasteiger partial charge is 0.497 e. The van der Waals surface area contributed by atoms with Crippen molar-refractivity contribution in [3.63, 3.8) is 0 Å². The van der Waals surface area contributed by atoms with Gasteiger partial charge in [0.2, 0.25) is 0 Å². The molecule has 1 unspecified atom stereocenters. The third kappa shape index (κ3) is 6.20. The number of ether oxygens (including phenoxy) is 1. The van der Waals surface area contributed by atoms with Crippen LogP contribution in [0.3, 0.4) is 0 Å². The maximum absolute atomic E-state index is 6.42. The Morgan fingerprint density at radius 3 is 2.68 bits per heavy atom. The molecule has 2 aromatic rings. The second kappa shape index (κ2) is 12.2. The van der Waals surface area contributed by atoms with Crippen LogP contribution < -0.4 is 9.64 Å². The van der Waals surface area contributed by atoms with Crippen LogP contribution in [0.5, 0.6) is 5.75 Å². The maximum atomic E-state index is 6.42. The first kappa shape index (κ1) is 25.2. The lowest BCUT2D eigenvalue weighted by atomic mass is 9.87. The summed E-state index contributed by atoms with van der Waals surface area (Å²) in [4.78, 5) is 7.42. The van der Waals surface area contributed by atoms with Gasteiger partial charge in [0.05, 0.1) is 29.4 Å². The van der Waals surface area contributed by atoms with Crippen molar-refractivity contribution in [2.75, 3.05) is 57.8 Å². The number of benzene rings is 2. The standard InChI is InChI=1S/C28H35Cl2N3O/c1-3-13-32(24-11-9-22-10-12-25(34-2)21-23(22)20-24)15-5-4-14-31-16-18-33(19-17-31)27-8-6-7-26(29)28(27)30/h1,6-8,10,12,21,24H,4-5,9,11,13-20H2,2H3. The molecule has 0 saturated carbocycles. The summed E-state index contributed by atoms with van der Waals surface area (Å²) in [6.45, 7) is 6.99. The van der Waals surface area contributed by atoms with Gasteiger partial charge in [-0.1, -0.05) is 41.3 Å². The average Bonchev–Trinajstić information content (AvgIpc) is 2.87. The highest BCUT2D eigenvalue weighted by atomic mass is 35.5. The number of hydrogen-bond acceptors (Lipinski definition) is 4. The van der Waals surface area contributed by atoms with Gasteiger partial charge in [0, 0.05) is 32.2 Å². The average molecular weight is 501 g/mol. The van der Waals surface area contributed by atoms with E-state index < -0.39 is 0 Å². The van der Waals surface area contributed by atoms with E-state index in [0.717, 1.165) is 70.1 Å². The number of anilines is 1. The van der Waals surface area contributed by atoms with Crippen molar-refractivity contribution in [1.82, 2.24) is 9.80 Å². The van der Waals surface area contributed by atoms with Crippen LogP contribution in [-0.4, -0.2) is 68.8 Å². The topological polar surface area (TPSA) is 19.0 Å². The smallest absolute Gasteiger partial charge is 0.119 e. The summed E-state index contributed by atoms with van der Waals surface area (Å²) in [6.07, 6.45) is 11.4. The highest BCUT2D eigenvalue weighted by Crippen LogP contribution is 2.33. The molecule has 1 aliphatic heterocycles. The van der Waals surface area contributed by atoms with Gasteiger partial charge in [0.25, 0.3) is 0 Å². The van der Waals surface area contributed by atoms with Gasteiger partial charge in [-0.15, -0.1) is 6.42 Å². The van der Waals surface area contributed by atoms with Crippen LogP contribution in [0, 0.1) is 12.3 Å². The van der Waals surface area contributed by atoms with Crippen molar-refractivity contribution < 1.29 is 4.74 Å². The molecule has 0 aromatic heterocycles. The number of nitrogens with zero attached hydrogens (tertiary/aromatic N) is 3. The fourth-order valence-electron chi connectivity index (χ4n) is 5.26. The van der Waals surface area contributed by atoms with E-state index in [9.17, 15) is 0 Å². The monoisotopic (exact) mass is 499 g/mol. The van der Waals surface area contributed by atoms with Gasteiger partial charge < -0.3 is 9.64 Å². The van der Waals surface area contributed by atoms with E-state index in [1.807, 2.05) is 12.1 Å². The lowest BCUT2D eigenvalue weighted by Crippen LogP contribution is -2.47. The number of unbranched alkanes of at least 4 members (excludes halogenated alkanes) is 1. The van der Waals surface area contributed by atoms with E-state index in [4.69, 9.17) is 34.4 Å². The Morgan fingerprint density at radius 1 is 1.09 bits per heavy atom. The van der Waals surface area contributed by atoms with Gasteiger partial charge in [-0.25, -0.2) is 0 Å². The van der Waals surface area contributed by atoms with E-state index in [0.29, 0.717) is 16.1 Å². The van der Waals surface area contributed by atoms with Crippen molar-refractivity contribution in [2.45, 2.75) is 38.1 Å². The number of aryl methyl sites for hydroxylation is 1. The predicted octanol–water partition coefficient (Wildman–Crippen LogP) is 5.40. The summed E-state index contributed by atoms with van der Waals surface area (Å²) in [5.74, 6) is 3.84. The molecule has 1 fully saturated rings. The molecule has 0 radical (unpaired) electrons. The van der Waals surface area contributed by atoms with Crippen LogP contribution in [0.2, 0.25) is 10.0 Å². The molecule has 2 aromatic carbocycles. The van der Waals surface area contributed by atoms with E-state index in [1.54, 1.807) is 7.11 Å². The molecule has 1 saturated heterocycles. The Bertz CT molecular complexity index is 998. The van der Waals surface area contributed by atoms with Gasteiger partial charge in [0.15, 0.2) is 0 Å². The van der Waals surface area contributed by atoms with E-state index in [-0.39, 0.29) is 0 Å². The lowest BCUT2D eigenvalue weighted by molar-refractivity contribution is 0.190. The first-order valence-corrected chi connectivity index (χ1v) is 13.1. The third-order valence-electron chi connectivity index (χ3n) is 7.24. The van der Waals surface area contributed by atoms with Crippen LogP contribution in [-0.2, 0) is 12.8 Å². The molecule has 0 bridgehead atoms. The summed E-state index contributed by atoms with van der Waals surface area (Å²) in [5.41, 5.74) is 3.91. The summed E-state index contributed by atoms with van der Waals surface area (Å²) >= 11 is 12.6. The summed E-state index contributed by atoms with van der Waals surface area (Å²) < 4.78 is 5.44. The zero-order valence-corrected chi connectivity index (χ0v) is 21.6. The van der Waals surface area contributed by atoms with Crippen molar-refractivity contribution in [3.8, 4) is 18.1 Å². The molecule has 1 atom stereocenters. The van der Waals surface area contributed by atoms with Crippen molar-refractivity contribution in [3.05, 3.63) is 57.6 Å². The number of hydrogen-bond donors (Lipinski definition) is 0. The molecule has 1 aliphatic carbocycles. The van der Waals surface area contributed by atoms with Crippen LogP contribution in [0.25, 0.3) is 0 Å². The second-order valence-corrected chi connectivity index (χ2v) is 10.1. The molecular formula is C28H35Cl2N3O. The summed E-state index contributed by atoms with van der Waals surface area (Å²) in [5, 5.41) is 1.29. The van der Waals surface area contributed by atoms with Crippen LogP contribution >= 0.6 is 23.2 Å². The Morgan fingerprint density at radius 2 is 1.91 bits per heavy atom. The molecular weight excluding hydrogens is 465 g/mol. The van der Waals surface area contributed by atoms with Crippen LogP contribution in [0.15, 0.2) is 36.4 Å². The molecule has 6 heteroatoms. The van der Waals surface area contributed by atoms with Crippen molar-refractivity contribution in [1.29, 1.82) is 0 Å². The van der Waals surface area contributed by atoms with Gasteiger partial charge >= 0.3 is 0 Å². The van der Waals surface area contributed by atoms with Crippen LogP contribution in [0.1, 0.15) is 30.4 Å². The molecule has 0 spiro atoms. The number of terminal acetylenes is 1. The molecule has 0 N–H and O–H groups in total. The molecule has 1 heterocycles. The minimum Gasteiger partial charge on any atom is -0.497 e. The van der Waals surface area contributed by atoms with E-state index >= 15 is 0 Å². The van der Waals surface area contributed by atoms with Gasteiger partial charge in [-0.2, -0.15) is 0 Å². The quantitative estimate of drug-likeness (QED) is 0.339. The zero-order valence-electron chi connectivity index (χ0n) is 20.1. The molecule has 34 heavy (non-hydrogen) atoms. The number of rotatable bonds is 9. The Hall–Kier alpha value is -1.90. The Labute approximate surface area is 214 Å². The van der Waals surface area contributed by atoms with Gasteiger partial charge in [-0.3, -0.25) is 9.80 Å². The Balaban J connectivity index is 1.22. The first-order chi connectivity index (χ1) is 16.6. The van der Waals surface area contributed by atoms with Gasteiger partial charge in [-0.05, 0) is 80.6 Å². The number of fused-ring (bicyclic) bond motifs is 1. The SMILES string of the molecule is C#CCN(CCCCN1CCN(c2cccc(Cl)c2Cl)CC1)C1CCc2ccc(OC)cc2C1. The highest BCUT2D eigenvalue weighted by Gasteiger charge is 2.24. The number of piperazine rings is 1. The minimum atomic E-state index is 0.515. The molecule has 4 nitrogen and oxygen atoms in total. The normalized spacial score (nSPS) is 18.6. The number of methoxy groups -OCH3 is 1. The predicted molar refractivity (Wildman–Crippen MR) is 144 cm³/mol. The molecule has 0 amide bonds. The summed E-state index contributed by atoms with van der Waals surface area (Å²) in [6, 6.07) is 12.9. The maximum Gasteiger partial charge on any atom is 0.119 e. The highest BCUT2D eigenvalue weighted by molar-refractivity contribution is 6.43. The van der Waals surface area contributed by atoms with Crippen molar-refractivity contribution >= 4 is 28.9 Å². The molecule has 182 valence electrons. The first-order valence-electron chi connectivity index (χ1n) is 12.3. The van der Waals surface area contributed by atoms with Crippen molar-refractivity contribution in [2.24, 2.45) is 0 Å². The van der Waals surface area contributed by atoms with E-state index in [1.165, 1.54) is 30.4 Å². The molecule has 4 rings (SSSR count). The molecule has 2 aliphatic rings. The summed E-state index contributed by atoms with van der Waals surface area (Å²) in [7, 11) is 1.74. The minimum absolute atomic E-state index is 0.515. The van der Waals surface area contributed by atoms with Crippen LogP contribution in [0.4, 0.5) is 5.69 Å².